The normalized spacial score (nSPS) is 18.4. The summed E-state index contributed by atoms with van der Waals surface area (Å²) in [5.41, 5.74) is 0.990. The zero-order valence-corrected chi connectivity index (χ0v) is 24.7. The van der Waals surface area contributed by atoms with Gasteiger partial charge in [0.1, 0.15) is 11.7 Å². The third-order valence-corrected chi connectivity index (χ3v) is 9.35. The topological polar surface area (TPSA) is 117 Å². The number of nitrogens with zero attached hydrogens (tertiary/aromatic N) is 3. The number of benzene rings is 1. The van der Waals surface area contributed by atoms with E-state index >= 15 is 0 Å². The Kier molecular flexibility index (Phi) is 8.35. The summed E-state index contributed by atoms with van der Waals surface area (Å²) in [5, 5.41) is 17.1. The highest BCUT2D eigenvalue weighted by atomic mass is 35.5. The number of amides is 2. The van der Waals surface area contributed by atoms with Crippen LogP contribution in [-0.2, 0) is 15.1 Å². The van der Waals surface area contributed by atoms with E-state index in [1.165, 1.54) is 11.3 Å². The first-order chi connectivity index (χ1) is 19.1. The molecule has 9 nitrogen and oxygen atoms in total. The van der Waals surface area contributed by atoms with Crippen LogP contribution in [0.1, 0.15) is 60.5 Å². The second kappa shape index (κ2) is 11.6. The van der Waals surface area contributed by atoms with Gasteiger partial charge in [-0.2, -0.15) is 0 Å². The van der Waals surface area contributed by atoms with Gasteiger partial charge in [-0.05, 0) is 57.4 Å². The molecule has 5 rings (SSSR count). The number of anilines is 1. The number of carbonyl (C=O) groups is 2. The van der Waals surface area contributed by atoms with Crippen LogP contribution in [0, 0.1) is 0 Å². The second-order valence-electron chi connectivity index (χ2n) is 10.5. The van der Waals surface area contributed by atoms with Crippen molar-refractivity contribution in [3.8, 4) is 10.6 Å². The highest BCUT2D eigenvalue weighted by molar-refractivity contribution is 7.16. The minimum Gasteiger partial charge on any atom is -0.394 e. The summed E-state index contributed by atoms with van der Waals surface area (Å²) >= 11 is 14.0. The summed E-state index contributed by atoms with van der Waals surface area (Å²) in [7, 11) is 0. The number of aliphatic hydroxyl groups is 1. The smallest absolute Gasteiger partial charge is 0.256 e. The molecule has 40 heavy (non-hydrogen) atoms. The van der Waals surface area contributed by atoms with E-state index in [1.54, 1.807) is 48.4 Å². The number of carbonyl (C=O) groups excluding carboxylic acids is 2. The summed E-state index contributed by atoms with van der Waals surface area (Å²) in [6.07, 6.45) is 3.31. The molecule has 2 amide bonds. The molecule has 0 radical (unpaired) electrons. The number of hydrogen-bond acceptors (Lipinski definition) is 8. The molecule has 2 aliphatic heterocycles. The number of hydrogen-bond donors (Lipinski definition) is 3. The molecule has 4 heterocycles. The average Bonchev–Trinajstić information content (AvgIpc) is 3.46. The second-order valence-corrected chi connectivity index (χ2v) is 12.4. The predicted octanol–water partition coefficient (Wildman–Crippen LogP) is 5.03. The Labute approximate surface area is 246 Å². The number of fused-ring (bicyclic) bond motifs is 1. The third kappa shape index (κ3) is 5.56. The van der Waals surface area contributed by atoms with Crippen molar-refractivity contribution in [3.63, 3.8) is 0 Å². The first kappa shape index (κ1) is 28.8. The minimum absolute atomic E-state index is 0.224. The lowest BCUT2D eigenvalue weighted by atomic mass is 10.0. The van der Waals surface area contributed by atoms with E-state index in [2.05, 4.69) is 20.6 Å². The molecule has 2 atom stereocenters. The number of nitrogens with one attached hydrogen (secondary N) is 2. The molecule has 1 saturated heterocycles. The monoisotopic (exact) mass is 603 g/mol. The van der Waals surface area contributed by atoms with Crippen molar-refractivity contribution in [3.05, 3.63) is 62.6 Å². The van der Waals surface area contributed by atoms with Gasteiger partial charge in [-0.3, -0.25) is 9.59 Å². The van der Waals surface area contributed by atoms with E-state index < -0.39 is 17.6 Å². The average molecular weight is 605 g/mol. The molecule has 212 valence electrons. The molecule has 12 heteroatoms. The van der Waals surface area contributed by atoms with Crippen molar-refractivity contribution in [1.82, 2.24) is 20.2 Å². The zero-order valence-electron chi connectivity index (χ0n) is 22.4. The minimum atomic E-state index is -0.795. The van der Waals surface area contributed by atoms with Gasteiger partial charge in [-0.25, -0.2) is 9.97 Å². The summed E-state index contributed by atoms with van der Waals surface area (Å²) in [4.78, 5) is 39.2. The SMILES string of the molecule is CC(C(=O)N[C@H](CO)c1cccc(Cl)c1)N1C(=O)c2cc(-c3nc(NC4CCOCC4)ncc3Cl)sc2C1(C)C. The fourth-order valence-corrected chi connectivity index (χ4v) is 6.98. The molecule has 0 spiro atoms. The predicted molar refractivity (Wildman–Crippen MR) is 156 cm³/mol. The van der Waals surface area contributed by atoms with Crippen LogP contribution < -0.4 is 10.6 Å². The van der Waals surface area contributed by atoms with E-state index in [0.29, 0.717) is 46.0 Å². The van der Waals surface area contributed by atoms with Gasteiger partial charge < -0.3 is 25.4 Å². The van der Waals surface area contributed by atoms with E-state index in [4.69, 9.17) is 27.9 Å². The number of rotatable bonds is 8. The molecule has 0 saturated carbocycles. The number of thiophene rings is 1. The molecule has 3 aromatic rings. The molecule has 1 aromatic carbocycles. The van der Waals surface area contributed by atoms with Gasteiger partial charge in [0, 0.05) is 29.2 Å². The molecular weight excluding hydrogens is 573 g/mol. The van der Waals surface area contributed by atoms with Gasteiger partial charge in [-0.1, -0.05) is 35.3 Å². The molecular formula is C28H31Cl2N5O4S. The van der Waals surface area contributed by atoms with Gasteiger partial charge in [0.05, 0.1) is 39.8 Å². The van der Waals surface area contributed by atoms with Crippen LogP contribution in [0.3, 0.4) is 0 Å². The maximum absolute atomic E-state index is 13.7. The number of aromatic nitrogens is 2. The first-order valence-corrected chi connectivity index (χ1v) is 14.7. The van der Waals surface area contributed by atoms with Gasteiger partial charge in [0.2, 0.25) is 11.9 Å². The molecule has 0 aliphatic carbocycles. The van der Waals surface area contributed by atoms with Crippen LogP contribution in [0.25, 0.3) is 10.6 Å². The van der Waals surface area contributed by atoms with Crippen LogP contribution in [0.4, 0.5) is 5.95 Å². The molecule has 2 aromatic heterocycles. The van der Waals surface area contributed by atoms with Crippen molar-refractivity contribution in [1.29, 1.82) is 0 Å². The summed E-state index contributed by atoms with van der Waals surface area (Å²) in [6, 6.07) is 7.53. The van der Waals surface area contributed by atoms with Crippen molar-refractivity contribution in [2.45, 2.75) is 57.3 Å². The summed E-state index contributed by atoms with van der Waals surface area (Å²) < 4.78 is 5.43. The Morgan fingerprint density at radius 2 is 2.02 bits per heavy atom. The van der Waals surface area contributed by atoms with Crippen LogP contribution in [0.5, 0.6) is 0 Å². The molecule has 1 unspecified atom stereocenters. The lowest BCUT2D eigenvalue weighted by Gasteiger charge is -2.37. The number of ether oxygens (including phenoxy) is 1. The number of halogens is 2. The summed E-state index contributed by atoms with van der Waals surface area (Å²) in [5.74, 6) is -0.145. The van der Waals surface area contributed by atoms with Crippen LogP contribution in [0.15, 0.2) is 36.5 Å². The third-order valence-electron chi connectivity index (χ3n) is 7.39. The molecule has 3 N–H and O–H groups in total. The van der Waals surface area contributed by atoms with E-state index in [-0.39, 0.29) is 24.5 Å². The quantitative estimate of drug-likeness (QED) is 0.330. The maximum Gasteiger partial charge on any atom is 0.256 e. The molecule has 0 bridgehead atoms. The Morgan fingerprint density at radius 1 is 1.27 bits per heavy atom. The Hall–Kier alpha value is -2.76. The first-order valence-electron chi connectivity index (χ1n) is 13.1. The highest BCUT2D eigenvalue weighted by Gasteiger charge is 2.49. The van der Waals surface area contributed by atoms with Crippen molar-refractivity contribution in [2.24, 2.45) is 0 Å². The Balaban J connectivity index is 1.36. The van der Waals surface area contributed by atoms with Crippen LogP contribution in [-0.4, -0.2) is 63.7 Å². The molecule has 2 aliphatic rings. The standard InChI is InChI=1S/C28H31Cl2N5O4S/c1-15(25(37)33-21(14-36)16-5-4-6-17(29)11-16)35-26(38)19-12-22(40-24(19)28(35,2)3)23-20(30)13-31-27(34-23)32-18-7-9-39-10-8-18/h4-6,11-13,15,18,21,36H,7-10,14H2,1-3H3,(H,33,37)(H,31,32,34)/t15?,21-/m1/s1. The van der Waals surface area contributed by atoms with Crippen molar-refractivity contribution in [2.75, 3.05) is 25.1 Å². The lowest BCUT2D eigenvalue weighted by Crippen LogP contribution is -2.52. The van der Waals surface area contributed by atoms with Gasteiger partial charge in [0.15, 0.2) is 0 Å². The van der Waals surface area contributed by atoms with E-state index in [0.717, 1.165) is 22.6 Å². The Bertz CT molecular complexity index is 1430. The molecule has 1 fully saturated rings. The highest BCUT2D eigenvalue weighted by Crippen LogP contribution is 2.47. The van der Waals surface area contributed by atoms with Gasteiger partial charge in [-0.15, -0.1) is 11.3 Å². The van der Waals surface area contributed by atoms with Gasteiger partial charge >= 0.3 is 0 Å². The maximum atomic E-state index is 13.7. The fourth-order valence-electron chi connectivity index (χ4n) is 5.28. The Morgan fingerprint density at radius 3 is 2.70 bits per heavy atom. The van der Waals surface area contributed by atoms with E-state index in [9.17, 15) is 14.7 Å². The zero-order chi connectivity index (χ0) is 28.6. The van der Waals surface area contributed by atoms with Crippen LogP contribution >= 0.6 is 34.5 Å². The van der Waals surface area contributed by atoms with Crippen molar-refractivity contribution < 1.29 is 19.4 Å². The number of aliphatic hydroxyl groups excluding tert-OH is 1. The fraction of sp³-hybridized carbons (Fsp3) is 0.429. The lowest BCUT2D eigenvalue weighted by molar-refractivity contribution is -0.127. The summed E-state index contributed by atoms with van der Waals surface area (Å²) in [6.45, 7) is 6.61. The van der Waals surface area contributed by atoms with Crippen LogP contribution in [0.2, 0.25) is 10.0 Å². The largest absolute Gasteiger partial charge is 0.394 e. The van der Waals surface area contributed by atoms with Crippen molar-refractivity contribution >= 4 is 52.3 Å². The van der Waals surface area contributed by atoms with Gasteiger partial charge in [0.25, 0.3) is 5.91 Å². The van der Waals surface area contributed by atoms with E-state index in [1.807, 2.05) is 13.8 Å².